The van der Waals surface area contributed by atoms with E-state index in [-0.39, 0.29) is 16.7 Å². The summed E-state index contributed by atoms with van der Waals surface area (Å²) in [5, 5.41) is 5.19. The SMILES string of the molecule is Cc1c(C)c2cc(Cl)c3c(c2oc1=O)CN(C1CC(C)(C)NC(C)(C)C1)CO3. The molecule has 0 spiro atoms. The molecule has 1 aromatic heterocycles. The number of rotatable bonds is 1. The van der Waals surface area contributed by atoms with Gasteiger partial charge in [0.15, 0.2) is 0 Å². The van der Waals surface area contributed by atoms with Crippen molar-refractivity contribution in [1.82, 2.24) is 10.2 Å². The molecular formula is C22H29ClN2O3. The minimum atomic E-state index is -0.296. The molecule has 3 heterocycles. The highest BCUT2D eigenvalue weighted by atomic mass is 35.5. The lowest BCUT2D eigenvalue weighted by molar-refractivity contribution is 0.00320. The van der Waals surface area contributed by atoms with Gasteiger partial charge in [0.1, 0.15) is 18.1 Å². The van der Waals surface area contributed by atoms with E-state index in [1.54, 1.807) is 6.92 Å². The minimum absolute atomic E-state index is 0.0450. The van der Waals surface area contributed by atoms with Crippen molar-refractivity contribution in [3.05, 3.63) is 38.2 Å². The van der Waals surface area contributed by atoms with E-state index in [9.17, 15) is 4.79 Å². The van der Waals surface area contributed by atoms with Gasteiger partial charge in [-0.05, 0) is 66.0 Å². The van der Waals surface area contributed by atoms with Crippen LogP contribution in [-0.4, -0.2) is 28.8 Å². The zero-order valence-electron chi connectivity index (χ0n) is 17.5. The van der Waals surface area contributed by atoms with Crippen LogP contribution >= 0.6 is 11.6 Å². The molecule has 1 fully saturated rings. The molecule has 28 heavy (non-hydrogen) atoms. The number of halogens is 1. The van der Waals surface area contributed by atoms with Crippen molar-refractivity contribution < 1.29 is 9.15 Å². The summed E-state index contributed by atoms with van der Waals surface area (Å²) in [4.78, 5) is 14.7. The molecule has 4 rings (SSSR count). The Morgan fingerprint density at radius 3 is 2.43 bits per heavy atom. The fourth-order valence-electron chi connectivity index (χ4n) is 5.04. The summed E-state index contributed by atoms with van der Waals surface area (Å²) in [6, 6.07) is 2.22. The van der Waals surface area contributed by atoms with Gasteiger partial charge in [-0.3, -0.25) is 4.90 Å². The highest BCUT2D eigenvalue weighted by molar-refractivity contribution is 6.33. The summed E-state index contributed by atoms with van der Waals surface area (Å²) in [6.07, 6.45) is 2.05. The van der Waals surface area contributed by atoms with E-state index in [0.29, 0.717) is 41.2 Å². The molecule has 0 unspecified atom stereocenters. The van der Waals surface area contributed by atoms with Crippen LogP contribution in [0.3, 0.4) is 0 Å². The molecular weight excluding hydrogens is 376 g/mol. The van der Waals surface area contributed by atoms with Gasteiger partial charge in [-0.1, -0.05) is 11.6 Å². The van der Waals surface area contributed by atoms with Crippen molar-refractivity contribution >= 4 is 22.6 Å². The monoisotopic (exact) mass is 404 g/mol. The van der Waals surface area contributed by atoms with E-state index in [4.69, 9.17) is 20.8 Å². The van der Waals surface area contributed by atoms with Gasteiger partial charge >= 0.3 is 5.63 Å². The van der Waals surface area contributed by atoms with Gasteiger partial charge in [0, 0.05) is 34.6 Å². The molecule has 6 heteroatoms. The van der Waals surface area contributed by atoms with Crippen LogP contribution in [0.5, 0.6) is 5.75 Å². The second-order valence-corrected chi connectivity index (χ2v) is 10.1. The summed E-state index contributed by atoms with van der Waals surface area (Å²) in [5.41, 5.74) is 2.81. The number of fused-ring (bicyclic) bond motifs is 3. The summed E-state index contributed by atoms with van der Waals surface area (Å²) in [7, 11) is 0. The van der Waals surface area contributed by atoms with Crippen molar-refractivity contribution in [2.24, 2.45) is 0 Å². The summed E-state index contributed by atoms with van der Waals surface area (Å²) in [5.74, 6) is 0.643. The number of ether oxygens (including phenoxy) is 1. The first-order valence-electron chi connectivity index (χ1n) is 9.89. The maximum absolute atomic E-state index is 12.3. The molecule has 0 aliphatic carbocycles. The Labute approximate surface area is 171 Å². The van der Waals surface area contributed by atoms with Crippen LogP contribution in [-0.2, 0) is 6.54 Å². The Bertz CT molecular complexity index is 993. The van der Waals surface area contributed by atoms with E-state index in [1.807, 2.05) is 13.0 Å². The van der Waals surface area contributed by atoms with Crippen LogP contribution in [0.2, 0.25) is 5.02 Å². The minimum Gasteiger partial charge on any atom is -0.476 e. The first kappa shape index (κ1) is 19.7. The smallest absolute Gasteiger partial charge is 0.339 e. The van der Waals surface area contributed by atoms with Crippen molar-refractivity contribution in [1.29, 1.82) is 0 Å². The number of aryl methyl sites for hydroxylation is 1. The van der Waals surface area contributed by atoms with Gasteiger partial charge in [0.05, 0.1) is 10.6 Å². The lowest BCUT2D eigenvalue weighted by Gasteiger charge is -2.50. The number of hydrogen-bond donors (Lipinski definition) is 1. The largest absolute Gasteiger partial charge is 0.476 e. The fourth-order valence-corrected chi connectivity index (χ4v) is 5.32. The molecule has 0 amide bonds. The second-order valence-electron chi connectivity index (χ2n) is 9.66. The Morgan fingerprint density at radius 1 is 1.14 bits per heavy atom. The third kappa shape index (κ3) is 3.34. The maximum atomic E-state index is 12.3. The summed E-state index contributed by atoms with van der Waals surface area (Å²) in [6.45, 7) is 13.9. The Morgan fingerprint density at radius 2 is 1.79 bits per heavy atom. The van der Waals surface area contributed by atoms with Crippen LogP contribution in [0.15, 0.2) is 15.3 Å². The highest BCUT2D eigenvalue weighted by Gasteiger charge is 2.41. The van der Waals surface area contributed by atoms with Crippen molar-refractivity contribution in [3.8, 4) is 5.75 Å². The van der Waals surface area contributed by atoms with E-state index in [0.717, 1.165) is 29.4 Å². The van der Waals surface area contributed by atoms with Gasteiger partial charge in [-0.2, -0.15) is 0 Å². The molecule has 1 aromatic carbocycles. The van der Waals surface area contributed by atoms with Crippen LogP contribution in [0.25, 0.3) is 11.0 Å². The van der Waals surface area contributed by atoms with Gasteiger partial charge in [0.2, 0.25) is 0 Å². The number of benzene rings is 1. The third-order valence-corrected chi connectivity index (χ3v) is 6.45. The molecule has 0 radical (unpaired) electrons. The van der Waals surface area contributed by atoms with Crippen molar-refractivity contribution in [3.63, 3.8) is 0 Å². The normalized spacial score (nSPS) is 22.1. The lowest BCUT2D eigenvalue weighted by Crippen LogP contribution is -2.62. The Hall–Kier alpha value is -1.56. The number of hydrogen-bond acceptors (Lipinski definition) is 5. The molecule has 1 saturated heterocycles. The standard InChI is InChI=1S/C22H29ClN2O3/c1-12-13(2)20(26)28-18-15(12)7-17(23)19-16(18)10-25(11-27-19)14-8-21(3,4)24-22(5,6)9-14/h7,14,24H,8-11H2,1-6H3. The number of piperidine rings is 1. The number of nitrogens with one attached hydrogen (secondary N) is 1. The fraction of sp³-hybridized carbons (Fsp3) is 0.591. The topological polar surface area (TPSA) is 54.7 Å². The van der Waals surface area contributed by atoms with Crippen molar-refractivity contribution in [2.45, 2.75) is 78.0 Å². The molecule has 0 atom stereocenters. The quantitative estimate of drug-likeness (QED) is 0.708. The van der Waals surface area contributed by atoms with Crippen LogP contribution in [0.1, 0.15) is 57.2 Å². The average Bonchev–Trinajstić information content (AvgIpc) is 2.58. The first-order chi connectivity index (χ1) is 13.0. The molecule has 2 aliphatic heterocycles. The molecule has 2 aliphatic rings. The van der Waals surface area contributed by atoms with E-state index >= 15 is 0 Å². The highest BCUT2D eigenvalue weighted by Crippen LogP contribution is 2.41. The predicted octanol–water partition coefficient (Wildman–Crippen LogP) is 4.52. The predicted molar refractivity (Wildman–Crippen MR) is 112 cm³/mol. The lowest BCUT2D eigenvalue weighted by atomic mass is 9.79. The zero-order chi connectivity index (χ0) is 20.4. The first-order valence-corrected chi connectivity index (χ1v) is 10.3. The van der Waals surface area contributed by atoms with Crippen molar-refractivity contribution in [2.75, 3.05) is 6.73 Å². The van der Waals surface area contributed by atoms with E-state index in [1.165, 1.54) is 0 Å². The molecule has 5 nitrogen and oxygen atoms in total. The maximum Gasteiger partial charge on any atom is 0.339 e. The van der Waals surface area contributed by atoms with Crippen LogP contribution < -0.4 is 15.7 Å². The average molecular weight is 405 g/mol. The molecule has 2 aromatic rings. The zero-order valence-corrected chi connectivity index (χ0v) is 18.3. The van der Waals surface area contributed by atoms with Gasteiger partial charge in [0.25, 0.3) is 0 Å². The summed E-state index contributed by atoms with van der Waals surface area (Å²) < 4.78 is 11.8. The number of nitrogens with zero attached hydrogens (tertiary/aromatic N) is 1. The van der Waals surface area contributed by atoms with Crippen LogP contribution in [0.4, 0.5) is 0 Å². The van der Waals surface area contributed by atoms with E-state index < -0.39 is 0 Å². The Balaban J connectivity index is 1.78. The second kappa shape index (κ2) is 6.48. The molecule has 152 valence electrons. The molecule has 1 N–H and O–H groups in total. The molecule has 0 saturated carbocycles. The van der Waals surface area contributed by atoms with Gasteiger partial charge in [-0.15, -0.1) is 0 Å². The summed E-state index contributed by atoms with van der Waals surface area (Å²) >= 11 is 6.54. The van der Waals surface area contributed by atoms with Gasteiger partial charge < -0.3 is 14.5 Å². The van der Waals surface area contributed by atoms with E-state index in [2.05, 4.69) is 37.9 Å². The Kier molecular flexibility index (Phi) is 4.57. The van der Waals surface area contributed by atoms with Gasteiger partial charge in [-0.25, -0.2) is 4.79 Å². The third-order valence-electron chi connectivity index (χ3n) is 6.17. The van der Waals surface area contributed by atoms with Crippen LogP contribution in [0, 0.1) is 13.8 Å². The molecule has 0 bridgehead atoms.